The molecule has 4 rings (SSSR count). The molecule has 4 aromatic rings. The van der Waals surface area contributed by atoms with Gasteiger partial charge in [-0.3, -0.25) is 4.79 Å². The SMILES string of the molecule is CNc1nc(-c2ccc(OC)c(NC(=O)CN(Cc3ccccc3)S(=O)(=O)c3ccc(F)cc3)c2)cs1. The van der Waals surface area contributed by atoms with Crippen LogP contribution in [0.25, 0.3) is 11.3 Å². The highest BCUT2D eigenvalue weighted by Crippen LogP contribution is 2.32. The van der Waals surface area contributed by atoms with Crippen LogP contribution >= 0.6 is 11.3 Å². The number of aromatic nitrogens is 1. The molecular weight excluding hydrogens is 515 g/mol. The molecule has 0 bridgehead atoms. The van der Waals surface area contributed by atoms with Gasteiger partial charge in [0.2, 0.25) is 15.9 Å². The van der Waals surface area contributed by atoms with Crippen molar-refractivity contribution in [3.8, 4) is 17.0 Å². The average Bonchev–Trinajstić information content (AvgIpc) is 3.39. The topological polar surface area (TPSA) is 101 Å². The Balaban J connectivity index is 1.61. The third kappa shape index (κ3) is 6.31. The smallest absolute Gasteiger partial charge is 0.243 e. The van der Waals surface area contributed by atoms with Crippen molar-refractivity contribution in [2.24, 2.45) is 0 Å². The van der Waals surface area contributed by atoms with Crippen LogP contribution < -0.4 is 15.4 Å². The monoisotopic (exact) mass is 540 g/mol. The number of hydrogen-bond acceptors (Lipinski definition) is 7. The molecule has 2 N–H and O–H groups in total. The van der Waals surface area contributed by atoms with E-state index in [1.807, 2.05) is 17.5 Å². The van der Waals surface area contributed by atoms with E-state index in [0.717, 1.165) is 32.8 Å². The first-order chi connectivity index (χ1) is 17.8. The van der Waals surface area contributed by atoms with Gasteiger partial charge in [0.1, 0.15) is 11.6 Å². The molecule has 0 atom stereocenters. The molecule has 1 amide bonds. The zero-order valence-electron chi connectivity index (χ0n) is 20.1. The van der Waals surface area contributed by atoms with Crippen molar-refractivity contribution < 1.29 is 22.3 Å². The zero-order chi connectivity index (χ0) is 26.4. The van der Waals surface area contributed by atoms with Gasteiger partial charge in [-0.05, 0) is 48.0 Å². The predicted octanol–water partition coefficient (Wildman–Crippen LogP) is 4.83. The summed E-state index contributed by atoms with van der Waals surface area (Å²) in [6, 6.07) is 18.7. The van der Waals surface area contributed by atoms with Gasteiger partial charge in [0.15, 0.2) is 5.13 Å². The van der Waals surface area contributed by atoms with E-state index in [1.54, 1.807) is 43.4 Å². The molecule has 1 aromatic heterocycles. The van der Waals surface area contributed by atoms with Gasteiger partial charge in [0, 0.05) is 24.5 Å². The summed E-state index contributed by atoms with van der Waals surface area (Å²) in [5.74, 6) is -0.705. The van der Waals surface area contributed by atoms with E-state index in [0.29, 0.717) is 17.0 Å². The van der Waals surface area contributed by atoms with Crippen molar-refractivity contribution in [3.63, 3.8) is 0 Å². The van der Waals surface area contributed by atoms with Crippen molar-refractivity contribution in [1.29, 1.82) is 0 Å². The van der Waals surface area contributed by atoms with Crippen LogP contribution in [-0.4, -0.2) is 44.3 Å². The lowest BCUT2D eigenvalue weighted by molar-refractivity contribution is -0.116. The van der Waals surface area contributed by atoms with E-state index in [9.17, 15) is 17.6 Å². The normalized spacial score (nSPS) is 11.4. The minimum absolute atomic E-state index is 0.0449. The lowest BCUT2D eigenvalue weighted by atomic mass is 10.1. The lowest BCUT2D eigenvalue weighted by Crippen LogP contribution is -2.37. The van der Waals surface area contributed by atoms with Crippen LogP contribution in [0.5, 0.6) is 5.75 Å². The number of rotatable bonds is 10. The summed E-state index contributed by atoms with van der Waals surface area (Å²) in [5.41, 5.74) is 2.55. The van der Waals surface area contributed by atoms with E-state index in [2.05, 4.69) is 15.6 Å². The number of anilines is 2. The minimum Gasteiger partial charge on any atom is -0.495 e. The number of nitrogens with one attached hydrogen (secondary N) is 2. The maximum atomic E-state index is 13.4. The molecule has 1 heterocycles. The molecule has 0 aliphatic carbocycles. The maximum Gasteiger partial charge on any atom is 0.243 e. The number of carbonyl (C=O) groups excluding carboxylic acids is 1. The Morgan fingerprint density at radius 2 is 1.81 bits per heavy atom. The first-order valence-electron chi connectivity index (χ1n) is 11.2. The number of benzene rings is 3. The summed E-state index contributed by atoms with van der Waals surface area (Å²) in [6.45, 7) is -0.515. The van der Waals surface area contributed by atoms with Crippen molar-refractivity contribution in [2.45, 2.75) is 11.4 Å². The van der Waals surface area contributed by atoms with E-state index in [1.165, 1.54) is 30.6 Å². The van der Waals surface area contributed by atoms with Crippen LogP contribution in [0, 0.1) is 5.82 Å². The second kappa shape index (κ2) is 11.5. The average molecular weight is 541 g/mol. The molecule has 0 aliphatic rings. The molecule has 192 valence electrons. The van der Waals surface area contributed by atoms with Gasteiger partial charge < -0.3 is 15.4 Å². The van der Waals surface area contributed by atoms with Gasteiger partial charge in [-0.2, -0.15) is 4.31 Å². The number of halogens is 1. The summed E-state index contributed by atoms with van der Waals surface area (Å²) in [5, 5.41) is 8.39. The van der Waals surface area contributed by atoms with E-state index in [-0.39, 0.29) is 11.4 Å². The molecule has 0 fully saturated rings. The third-order valence-corrected chi connectivity index (χ3v) is 8.13. The number of nitrogens with zero attached hydrogens (tertiary/aromatic N) is 2. The largest absolute Gasteiger partial charge is 0.495 e. The number of ether oxygens (including phenoxy) is 1. The van der Waals surface area contributed by atoms with E-state index < -0.39 is 28.3 Å². The molecule has 0 aliphatic heterocycles. The van der Waals surface area contributed by atoms with Crippen LogP contribution in [0.3, 0.4) is 0 Å². The van der Waals surface area contributed by atoms with Crippen LogP contribution in [0.2, 0.25) is 0 Å². The quantitative estimate of drug-likeness (QED) is 0.299. The minimum atomic E-state index is -4.11. The molecular formula is C26H25FN4O4S2. The highest BCUT2D eigenvalue weighted by molar-refractivity contribution is 7.89. The van der Waals surface area contributed by atoms with Crippen LogP contribution in [0.15, 0.2) is 83.1 Å². The number of carbonyl (C=O) groups is 1. The lowest BCUT2D eigenvalue weighted by Gasteiger charge is -2.22. The summed E-state index contributed by atoms with van der Waals surface area (Å²) in [6.07, 6.45) is 0. The molecule has 8 nitrogen and oxygen atoms in total. The van der Waals surface area contributed by atoms with Crippen molar-refractivity contribution in [2.75, 3.05) is 31.3 Å². The molecule has 37 heavy (non-hydrogen) atoms. The standard InChI is InChI=1S/C26H25FN4O4S2/c1-28-26-30-23(17-36-26)19-8-13-24(35-2)22(14-19)29-25(32)16-31(15-18-6-4-3-5-7-18)37(33,34)21-11-9-20(27)10-12-21/h3-14,17H,15-16H2,1-2H3,(H,28,30)(H,29,32). The molecule has 0 saturated carbocycles. The fraction of sp³-hybridized carbons (Fsp3) is 0.154. The van der Waals surface area contributed by atoms with Crippen LogP contribution in [0.1, 0.15) is 5.56 Å². The van der Waals surface area contributed by atoms with Gasteiger partial charge in [-0.15, -0.1) is 11.3 Å². The molecule has 3 aromatic carbocycles. The Bertz CT molecular complexity index is 1480. The zero-order valence-corrected chi connectivity index (χ0v) is 21.8. The van der Waals surface area contributed by atoms with E-state index in [4.69, 9.17) is 4.74 Å². The van der Waals surface area contributed by atoms with Crippen LogP contribution in [-0.2, 0) is 21.4 Å². The van der Waals surface area contributed by atoms with Crippen LogP contribution in [0.4, 0.5) is 15.2 Å². The van der Waals surface area contributed by atoms with Gasteiger partial charge in [-0.25, -0.2) is 17.8 Å². The fourth-order valence-electron chi connectivity index (χ4n) is 3.60. The highest BCUT2D eigenvalue weighted by atomic mass is 32.2. The highest BCUT2D eigenvalue weighted by Gasteiger charge is 2.27. The van der Waals surface area contributed by atoms with Gasteiger partial charge in [-0.1, -0.05) is 30.3 Å². The van der Waals surface area contributed by atoms with Gasteiger partial charge in [0.05, 0.1) is 29.9 Å². The summed E-state index contributed by atoms with van der Waals surface area (Å²) in [4.78, 5) is 17.5. The Kier molecular flexibility index (Phi) is 8.17. The molecule has 0 saturated heterocycles. The molecule has 11 heteroatoms. The van der Waals surface area contributed by atoms with Crippen molar-refractivity contribution in [1.82, 2.24) is 9.29 Å². The number of thiazole rings is 1. The Morgan fingerprint density at radius 3 is 2.46 bits per heavy atom. The van der Waals surface area contributed by atoms with E-state index >= 15 is 0 Å². The number of sulfonamides is 1. The van der Waals surface area contributed by atoms with Crippen molar-refractivity contribution >= 4 is 38.1 Å². The maximum absolute atomic E-state index is 13.4. The first-order valence-corrected chi connectivity index (χ1v) is 13.5. The third-order valence-electron chi connectivity index (χ3n) is 5.46. The summed E-state index contributed by atoms with van der Waals surface area (Å²) >= 11 is 1.45. The number of amides is 1. The Morgan fingerprint density at radius 1 is 1.08 bits per heavy atom. The fourth-order valence-corrected chi connectivity index (χ4v) is 5.67. The van der Waals surface area contributed by atoms with Gasteiger partial charge >= 0.3 is 0 Å². The predicted molar refractivity (Wildman–Crippen MR) is 143 cm³/mol. The second-order valence-corrected chi connectivity index (χ2v) is 10.8. The van der Waals surface area contributed by atoms with Crippen molar-refractivity contribution in [3.05, 3.63) is 89.6 Å². The first kappa shape index (κ1) is 26.3. The Labute approximate surface area is 218 Å². The number of hydrogen-bond donors (Lipinski definition) is 2. The summed E-state index contributed by atoms with van der Waals surface area (Å²) in [7, 11) is -0.851. The molecule has 0 radical (unpaired) electrons. The van der Waals surface area contributed by atoms with Gasteiger partial charge in [0.25, 0.3) is 0 Å². The molecule has 0 spiro atoms. The second-order valence-electron chi connectivity index (χ2n) is 7.96. The Hall–Kier alpha value is -3.80. The molecule has 0 unspecified atom stereocenters. The number of methoxy groups -OCH3 is 1. The summed E-state index contributed by atoms with van der Waals surface area (Å²) < 4.78 is 46.7.